The van der Waals surface area contributed by atoms with Crippen LogP contribution in [-0.4, -0.2) is 46.8 Å². The van der Waals surface area contributed by atoms with Crippen molar-refractivity contribution < 1.29 is 19.1 Å². The van der Waals surface area contributed by atoms with Gasteiger partial charge in [0.15, 0.2) is 0 Å². The van der Waals surface area contributed by atoms with Crippen LogP contribution in [-0.2, 0) is 15.1 Å². The average Bonchev–Trinajstić information content (AvgIpc) is 3.38. The molecule has 30 heavy (non-hydrogen) atoms. The van der Waals surface area contributed by atoms with Gasteiger partial charge in [-0.25, -0.2) is 4.79 Å². The third-order valence-corrected chi connectivity index (χ3v) is 7.51. The molecule has 2 aromatic carbocycles. The molecule has 3 atom stereocenters. The smallest absolute Gasteiger partial charge is 0.347 e. The number of hydrogen-bond acceptors (Lipinski definition) is 3. The van der Waals surface area contributed by atoms with Gasteiger partial charge in [0.1, 0.15) is 6.10 Å². The van der Waals surface area contributed by atoms with Crippen molar-refractivity contribution in [1.82, 2.24) is 0 Å². The lowest BCUT2D eigenvalue weighted by atomic mass is 9.86. The minimum Gasteiger partial charge on any atom is -0.460 e. The molecule has 0 aliphatic carbocycles. The molecule has 4 heteroatoms. The third-order valence-electron chi connectivity index (χ3n) is 7.51. The van der Waals surface area contributed by atoms with Gasteiger partial charge in [-0.05, 0) is 25.0 Å². The molecule has 0 radical (unpaired) electrons. The molecule has 0 bridgehead atoms. The Morgan fingerprint density at radius 2 is 1.57 bits per heavy atom. The first-order valence-electron chi connectivity index (χ1n) is 11.4. The van der Waals surface area contributed by atoms with Crippen LogP contribution in [0.25, 0.3) is 0 Å². The normalized spacial score (nSPS) is 24.1. The Labute approximate surface area is 180 Å². The van der Waals surface area contributed by atoms with Crippen molar-refractivity contribution in [3.8, 4) is 0 Å². The number of carbonyl (C=O) groups is 1. The van der Waals surface area contributed by atoms with Gasteiger partial charge in [0, 0.05) is 32.1 Å². The van der Waals surface area contributed by atoms with E-state index in [4.69, 9.17) is 4.74 Å². The summed E-state index contributed by atoms with van der Waals surface area (Å²) in [5.74, 6) is -0.591. The zero-order chi connectivity index (χ0) is 21.2. The van der Waals surface area contributed by atoms with Crippen LogP contribution in [0.4, 0.5) is 0 Å². The van der Waals surface area contributed by atoms with E-state index in [2.05, 4.69) is 6.92 Å². The van der Waals surface area contributed by atoms with Gasteiger partial charge in [-0.3, -0.25) is 0 Å². The van der Waals surface area contributed by atoms with Crippen LogP contribution in [0, 0.1) is 0 Å². The second-order valence-electron chi connectivity index (χ2n) is 9.23. The molecule has 0 amide bonds. The number of quaternary nitrogens is 1. The molecule has 0 saturated carbocycles. The van der Waals surface area contributed by atoms with E-state index in [0.717, 1.165) is 6.42 Å². The summed E-state index contributed by atoms with van der Waals surface area (Å²) in [7, 11) is 0. The van der Waals surface area contributed by atoms with E-state index in [1.165, 1.54) is 43.3 Å². The highest BCUT2D eigenvalue weighted by Crippen LogP contribution is 2.40. The number of hydrogen-bond donors (Lipinski definition) is 1. The Hall–Kier alpha value is -2.17. The fourth-order valence-electron chi connectivity index (χ4n) is 5.83. The molecule has 2 aliphatic rings. The lowest BCUT2D eigenvalue weighted by molar-refractivity contribution is -0.949. The Morgan fingerprint density at radius 1 is 1.03 bits per heavy atom. The van der Waals surface area contributed by atoms with Crippen molar-refractivity contribution in [1.29, 1.82) is 0 Å². The maximum absolute atomic E-state index is 13.3. The van der Waals surface area contributed by atoms with Gasteiger partial charge in [-0.2, -0.15) is 0 Å². The van der Waals surface area contributed by atoms with E-state index < -0.39 is 11.6 Å². The minimum atomic E-state index is -1.81. The van der Waals surface area contributed by atoms with E-state index in [-0.39, 0.29) is 6.10 Å². The van der Waals surface area contributed by atoms with Gasteiger partial charge in [0.2, 0.25) is 5.60 Å². The van der Waals surface area contributed by atoms with Crippen LogP contribution in [0.5, 0.6) is 0 Å². The van der Waals surface area contributed by atoms with E-state index in [0.29, 0.717) is 23.2 Å². The van der Waals surface area contributed by atoms with Crippen molar-refractivity contribution >= 4 is 5.97 Å². The quantitative estimate of drug-likeness (QED) is 0.569. The Balaban J connectivity index is 1.53. The molecule has 0 aromatic heterocycles. The van der Waals surface area contributed by atoms with Gasteiger partial charge < -0.3 is 14.3 Å². The van der Waals surface area contributed by atoms with Crippen LogP contribution >= 0.6 is 0 Å². The molecule has 2 fully saturated rings. The highest BCUT2D eigenvalue weighted by atomic mass is 16.6. The summed E-state index contributed by atoms with van der Waals surface area (Å²) < 4.78 is 7.12. The zero-order valence-corrected chi connectivity index (χ0v) is 18.2. The lowest BCUT2D eigenvalue weighted by Gasteiger charge is -2.41. The molecule has 1 N–H and O–H groups in total. The van der Waals surface area contributed by atoms with Crippen molar-refractivity contribution in [2.24, 2.45) is 0 Å². The minimum absolute atomic E-state index is 0.234. The summed E-state index contributed by atoms with van der Waals surface area (Å²) in [5, 5.41) is 11.6. The molecule has 2 aliphatic heterocycles. The summed E-state index contributed by atoms with van der Waals surface area (Å²) in [6.45, 7) is 6.87. The Bertz CT molecular complexity index is 806. The van der Waals surface area contributed by atoms with Crippen molar-refractivity contribution in [3.05, 3.63) is 71.8 Å². The van der Waals surface area contributed by atoms with Crippen LogP contribution in [0.15, 0.2) is 60.7 Å². The molecular weight excluding hydrogens is 374 g/mol. The van der Waals surface area contributed by atoms with E-state index in [1.807, 2.05) is 43.3 Å². The maximum Gasteiger partial charge on any atom is 0.347 e. The molecule has 3 unspecified atom stereocenters. The monoisotopic (exact) mass is 408 g/mol. The molecule has 160 valence electrons. The summed E-state index contributed by atoms with van der Waals surface area (Å²) in [6.07, 6.45) is 5.68. The van der Waals surface area contributed by atoms with Crippen LogP contribution in [0.3, 0.4) is 0 Å². The zero-order valence-electron chi connectivity index (χ0n) is 18.2. The summed E-state index contributed by atoms with van der Waals surface area (Å²) >= 11 is 0. The Morgan fingerprint density at radius 3 is 2.10 bits per heavy atom. The largest absolute Gasteiger partial charge is 0.460 e. The van der Waals surface area contributed by atoms with E-state index in [9.17, 15) is 9.90 Å². The first kappa shape index (κ1) is 21.1. The fourth-order valence-corrected chi connectivity index (χ4v) is 5.83. The number of ether oxygens (including phenoxy) is 1. The predicted molar refractivity (Wildman–Crippen MR) is 118 cm³/mol. The molecule has 4 nitrogen and oxygen atoms in total. The number of esters is 1. The van der Waals surface area contributed by atoms with Crippen molar-refractivity contribution in [2.75, 3.05) is 13.1 Å². The molecular formula is C26H34NO3+. The SMILES string of the molecule is CC(CC1CCC(C)[N+]12CCCC2)OC(=O)C(O)(c1ccccc1)c1ccccc1. The molecule has 2 saturated heterocycles. The first-order valence-corrected chi connectivity index (χ1v) is 11.4. The highest BCUT2D eigenvalue weighted by molar-refractivity contribution is 5.85. The second-order valence-corrected chi connectivity index (χ2v) is 9.23. The first-order chi connectivity index (χ1) is 14.5. The number of rotatable bonds is 6. The second kappa shape index (κ2) is 8.52. The van der Waals surface area contributed by atoms with Crippen LogP contribution < -0.4 is 0 Å². The summed E-state index contributed by atoms with van der Waals surface area (Å²) in [6, 6.07) is 19.5. The van der Waals surface area contributed by atoms with Crippen LogP contribution in [0.2, 0.25) is 0 Å². The summed E-state index contributed by atoms with van der Waals surface area (Å²) in [5.41, 5.74) is -0.739. The standard InChI is InChI=1S/C26H34NO3/c1-20-15-16-24(27(20)17-9-10-18-27)19-21(2)30-25(28)26(29,22-11-5-3-6-12-22)23-13-7-4-8-14-23/h3-8,11-14,20-21,24,29H,9-10,15-19H2,1-2H3/q+1. The Kier molecular flexibility index (Phi) is 5.99. The molecule has 1 spiro atoms. The van der Waals surface area contributed by atoms with E-state index in [1.54, 1.807) is 24.3 Å². The highest BCUT2D eigenvalue weighted by Gasteiger charge is 2.50. The lowest BCUT2D eigenvalue weighted by Crippen LogP contribution is -2.54. The van der Waals surface area contributed by atoms with Gasteiger partial charge in [0.25, 0.3) is 0 Å². The van der Waals surface area contributed by atoms with Gasteiger partial charge in [-0.15, -0.1) is 0 Å². The molecule has 2 aromatic rings. The van der Waals surface area contributed by atoms with Crippen molar-refractivity contribution in [2.45, 2.75) is 69.7 Å². The number of aliphatic hydroxyl groups is 1. The van der Waals surface area contributed by atoms with Crippen LogP contribution in [0.1, 0.15) is 57.1 Å². The average molecular weight is 409 g/mol. The molecule has 4 rings (SSSR count). The maximum atomic E-state index is 13.3. The number of nitrogens with zero attached hydrogens (tertiary/aromatic N) is 1. The van der Waals surface area contributed by atoms with Gasteiger partial charge in [-0.1, -0.05) is 60.7 Å². The van der Waals surface area contributed by atoms with Gasteiger partial charge >= 0.3 is 5.97 Å². The van der Waals surface area contributed by atoms with E-state index >= 15 is 0 Å². The topological polar surface area (TPSA) is 46.5 Å². The fraction of sp³-hybridized carbons (Fsp3) is 0.500. The third kappa shape index (κ3) is 3.67. The predicted octanol–water partition coefficient (Wildman–Crippen LogP) is 4.41. The van der Waals surface area contributed by atoms with Gasteiger partial charge in [0.05, 0.1) is 25.2 Å². The number of carbonyl (C=O) groups excluding carboxylic acids is 1. The number of benzene rings is 2. The summed E-state index contributed by atoms with van der Waals surface area (Å²) in [4.78, 5) is 13.3. The van der Waals surface area contributed by atoms with Crippen molar-refractivity contribution in [3.63, 3.8) is 0 Å². The molecule has 2 heterocycles.